The van der Waals surface area contributed by atoms with Gasteiger partial charge in [0.25, 0.3) is 5.91 Å². The fourth-order valence-corrected chi connectivity index (χ4v) is 9.23. The summed E-state index contributed by atoms with van der Waals surface area (Å²) in [7, 11) is 1.53. The van der Waals surface area contributed by atoms with E-state index in [0.717, 1.165) is 22.3 Å². The molecular weight excluding hydrogens is 937 g/mol. The van der Waals surface area contributed by atoms with E-state index >= 15 is 0 Å². The van der Waals surface area contributed by atoms with E-state index in [1.807, 2.05) is 98.6 Å². The molecule has 74 heavy (non-hydrogen) atoms. The molecule has 0 spiro atoms. The molecule has 2 aliphatic heterocycles. The van der Waals surface area contributed by atoms with Crippen LogP contribution in [-0.4, -0.2) is 99.2 Å². The van der Waals surface area contributed by atoms with E-state index in [1.165, 1.54) is 12.7 Å². The number of fused-ring (bicyclic) bond motifs is 3. The summed E-state index contributed by atoms with van der Waals surface area (Å²) >= 11 is 0. The number of allylic oxidation sites excluding steroid dienone is 3. The minimum atomic E-state index is -0.550. The number of nitrogens with two attached hydrogens (primary N) is 1. The average Bonchev–Trinajstić information content (AvgIpc) is 3.70. The second-order valence-corrected chi connectivity index (χ2v) is 19.5. The van der Waals surface area contributed by atoms with Crippen molar-refractivity contribution >= 4 is 46.9 Å². The molecule has 7 rings (SSSR count). The number of carbonyl (C=O) groups is 5. The summed E-state index contributed by atoms with van der Waals surface area (Å²) in [6, 6.07) is 26.2. The number of nitrogens with zero attached hydrogens (tertiary/aromatic N) is 2. The summed E-state index contributed by atoms with van der Waals surface area (Å²) in [5.74, 6) is -0.507. The van der Waals surface area contributed by atoms with Gasteiger partial charge in [-0.2, -0.15) is 0 Å². The van der Waals surface area contributed by atoms with Gasteiger partial charge in [-0.3, -0.25) is 29.0 Å². The van der Waals surface area contributed by atoms with Crippen LogP contribution in [0, 0.1) is 17.8 Å². The quantitative estimate of drug-likeness (QED) is 0.0420. The zero-order valence-corrected chi connectivity index (χ0v) is 43.2. The molecule has 0 bridgehead atoms. The number of benzene rings is 4. The summed E-state index contributed by atoms with van der Waals surface area (Å²) < 4.78 is 22.6. The minimum absolute atomic E-state index is 0.00553. The van der Waals surface area contributed by atoms with Crippen LogP contribution in [0.15, 0.2) is 126 Å². The Balaban J connectivity index is 0.826. The lowest BCUT2D eigenvalue weighted by Crippen LogP contribution is -2.44. The first-order valence-electron chi connectivity index (χ1n) is 25.6. The van der Waals surface area contributed by atoms with Crippen molar-refractivity contribution in [1.29, 1.82) is 0 Å². The SMILES string of the molecule is C=C(CCOCCOCCN)NC(C(=O)C[C@@H](C)C(=O)Nc1ccc(-c2ccc(CC(=O)C3=CC(NC(=O)CCCOc4cc5c(cc4OC)C(=O)N4Cc6ccccc6C[C@H]4C=N5)=CC3C)cc2)cc1)C(C)C. The number of hydrogen-bond donors (Lipinski definition) is 4. The number of amides is 3. The summed E-state index contributed by atoms with van der Waals surface area (Å²) in [6.45, 7) is 14.7. The van der Waals surface area contributed by atoms with Crippen molar-refractivity contribution in [2.24, 2.45) is 28.5 Å². The van der Waals surface area contributed by atoms with Crippen molar-refractivity contribution < 1.29 is 42.9 Å². The monoisotopic (exact) mass is 1010 g/mol. The number of aliphatic imine (C=N–C) groups is 1. The zero-order chi connectivity index (χ0) is 52.7. The number of ketones is 2. The number of rotatable bonds is 27. The third-order valence-corrected chi connectivity index (χ3v) is 13.4. The lowest BCUT2D eigenvalue weighted by atomic mass is 9.92. The lowest BCUT2D eigenvalue weighted by molar-refractivity contribution is -0.127. The van der Waals surface area contributed by atoms with E-state index < -0.39 is 12.0 Å². The maximum atomic E-state index is 13.7. The van der Waals surface area contributed by atoms with Gasteiger partial charge in [0.2, 0.25) is 11.8 Å². The second-order valence-electron chi connectivity index (χ2n) is 19.5. The molecule has 1 aliphatic carbocycles. The van der Waals surface area contributed by atoms with Gasteiger partial charge in [0.1, 0.15) is 0 Å². The molecule has 4 aromatic carbocycles. The summed E-state index contributed by atoms with van der Waals surface area (Å²) in [6.07, 6.45) is 7.60. The Morgan fingerprint density at radius 3 is 2.26 bits per heavy atom. The van der Waals surface area contributed by atoms with Crippen LogP contribution in [0.2, 0.25) is 0 Å². The van der Waals surface area contributed by atoms with E-state index in [1.54, 1.807) is 25.1 Å². The molecule has 15 heteroatoms. The highest BCUT2D eigenvalue weighted by molar-refractivity contribution is 6.04. The van der Waals surface area contributed by atoms with Gasteiger partial charge in [-0.15, -0.1) is 0 Å². The maximum Gasteiger partial charge on any atom is 0.257 e. The molecule has 3 aliphatic rings. The molecule has 4 atom stereocenters. The van der Waals surface area contributed by atoms with Crippen LogP contribution >= 0.6 is 0 Å². The van der Waals surface area contributed by atoms with Gasteiger partial charge in [0, 0.05) is 85.5 Å². The van der Waals surface area contributed by atoms with Crippen LogP contribution < -0.4 is 31.2 Å². The third-order valence-electron chi connectivity index (χ3n) is 13.4. The van der Waals surface area contributed by atoms with Crippen molar-refractivity contribution in [1.82, 2.24) is 15.5 Å². The topological polar surface area (TPSA) is 200 Å². The number of carbonyl (C=O) groups excluding carboxylic acids is 5. The van der Waals surface area contributed by atoms with Crippen LogP contribution in [0.25, 0.3) is 11.1 Å². The fraction of sp³-hybridized carbons (Fsp3) is 0.390. The molecule has 5 N–H and O–H groups in total. The van der Waals surface area contributed by atoms with Crippen LogP contribution in [0.5, 0.6) is 11.5 Å². The number of Topliss-reactive ketones (excluding diaryl/α,β-unsaturated/α-hetero) is 2. The second kappa shape index (κ2) is 26.1. The van der Waals surface area contributed by atoms with Crippen molar-refractivity contribution in [3.8, 4) is 22.6 Å². The molecule has 0 aromatic heterocycles. The normalized spacial score (nSPS) is 16.4. The van der Waals surface area contributed by atoms with Crippen molar-refractivity contribution in [2.45, 2.75) is 84.8 Å². The summed E-state index contributed by atoms with van der Waals surface area (Å²) in [5, 5.41) is 9.14. The Hall–Kier alpha value is -7.20. The predicted octanol–water partition coefficient (Wildman–Crippen LogP) is 8.24. The van der Waals surface area contributed by atoms with Crippen LogP contribution in [0.1, 0.15) is 80.4 Å². The standard InChI is InChI=1S/C59H70N6O9/c1-37(2)57(62-40(5)21-24-72-26-27-73-25-22-60)53(67)29-39(4)58(69)64-46-19-17-43(18-20-46)42-15-13-41(14-16-42)30-52(66)49-32-47(28-38(49)3)63-56(68)12-9-23-74-55-34-51-50(33-54(55)71-6)59(70)65-36-45-11-8-7-10-44(45)31-48(65)35-61-51/h7-8,10-11,13-20,28,32-35,37-39,48,57,62H,5,9,12,21-27,29-31,36,60H2,1-4,6H3,(H,63,68)(H,64,69)/t38?,39-,48+,57?/m1/s1. The maximum absolute atomic E-state index is 13.7. The zero-order valence-electron chi connectivity index (χ0n) is 43.2. The van der Waals surface area contributed by atoms with Gasteiger partial charge in [-0.25, -0.2) is 0 Å². The third kappa shape index (κ3) is 14.5. The highest BCUT2D eigenvalue weighted by atomic mass is 16.5. The fourth-order valence-electron chi connectivity index (χ4n) is 9.23. The Morgan fingerprint density at radius 1 is 0.851 bits per heavy atom. The first-order valence-corrected chi connectivity index (χ1v) is 25.6. The lowest BCUT2D eigenvalue weighted by Gasteiger charge is -2.34. The van der Waals surface area contributed by atoms with E-state index in [4.69, 9.17) is 29.7 Å². The molecule has 0 saturated heterocycles. The van der Waals surface area contributed by atoms with E-state index in [0.29, 0.717) is 104 Å². The number of methoxy groups -OCH3 is 1. The van der Waals surface area contributed by atoms with Gasteiger partial charge in [-0.1, -0.05) is 101 Å². The van der Waals surface area contributed by atoms with Gasteiger partial charge in [-0.05, 0) is 70.9 Å². The van der Waals surface area contributed by atoms with Crippen LogP contribution in [0.4, 0.5) is 11.4 Å². The molecule has 4 aromatic rings. The highest BCUT2D eigenvalue weighted by Gasteiger charge is 2.34. The summed E-state index contributed by atoms with van der Waals surface area (Å²) in [5.41, 5.74) is 14.0. The largest absolute Gasteiger partial charge is 0.493 e. The number of anilines is 1. The molecule has 2 unspecified atom stereocenters. The molecule has 0 radical (unpaired) electrons. The van der Waals surface area contributed by atoms with Gasteiger partial charge < -0.3 is 45.5 Å². The van der Waals surface area contributed by atoms with Gasteiger partial charge >= 0.3 is 0 Å². The Morgan fingerprint density at radius 2 is 1.55 bits per heavy atom. The number of ether oxygens (including phenoxy) is 4. The molecule has 3 amide bonds. The Kier molecular flexibility index (Phi) is 19.3. The van der Waals surface area contributed by atoms with E-state index in [2.05, 4.69) is 34.7 Å². The number of hydrogen-bond acceptors (Lipinski definition) is 12. The first kappa shape index (κ1) is 54.6. The van der Waals surface area contributed by atoms with E-state index in [9.17, 15) is 24.0 Å². The molecular formula is C59H70N6O9. The van der Waals surface area contributed by atoms with Gasteiger partial charge in [0.15, 0.2) is 23.1 Å². The van der Waals surface area contributed by atoms with Crippen molar-refractivity contribution in [3.63, 3.8) is 0 Å². The smallest absolute Gasteiger partial charge is 0.257 e. The number of nitrogens with one attached hydrogen (secondary N) is 3. The molecule has 0 saturated carbocycles. The van der Waals surface area contributed by atoms with Crippen molar-refractivity contribution in [3.05, 3.63) is 143 Å². The molecule has 15 nitrogen and oxygen atoms in total. The average molecular weight is 1010 g/mol. The Labute approximate surface area is 434 Å². The highest BCUT2D eigenvalue weighted by Crippen LogP contribution is 2.39. The van der Waals surface area contributed by atoms with Crippen LogP contribution in [0.3, 0.4) is 0 Å². The molecule has 0 fully saturated rings. The molecule has 2 heterocycles. The molecule has 390 valence electrons. The first-order chi connectivity index (χ1) is 35.7. The predicted molar refractivity (Wildman–Crippen MR) is 287 cm³/mol. The minimum Gasteiger partial charge on any atom is -0.493 e. The summed E-state index contributed by atoms with van der Waals surface area (Å²) in [4.78, 5) is 73.4. The van der Waals surface area contributed by atoms with Crippen molar-refractivity contribution in [2.75, 3.05) is 52.0 Å². The van der Waals surface area contributed by atoms with E-state index in [-0.39, 0.29) is 73.0 Å². The Bertz CT molecular complexity index is 2760. The van der Waals surface area contributed by atoms with Crippen LogP contribution in [-0.2, 0) is 48.0 Å². The van der Waals surface area contributed by atoms with Gasteiger partial charge in [0.05, 0.1) is 63.5 Å².